The van der Waals surface area contributed by atoms with E-state index in [1.807, 2.05) is 30.3 Å². The molecular weight excluding hydrogens is 344 g/mol. The van der Waals surface area contributed by atoms with E-state index in [1.165, 1.54) is 11.8 Å². The molecule has 1 heterocycles. The molecule has 2 aromatic rings. The number of rotatable bonds is 6. The standard InChI is InChI=1S/C17H15F2N5S/c18-13-7-8-15(19)14(11-13)16-22-23-17(25-16,9-4-10-21-24-20)12-5-2-1-3-6-12/h1-3,5-8,11,23H,4,9-10H2/t17-/m1/s1. The molecule has 3 rings (SSSR count). The third-order valence-electron chi connectivity index (χ3n) is 3.86. The predicted molar refractivity (Wildman–Crippen MR) is 95.0 cm³/mol. The van der Waals surface area contributed by atoms with Crippen LogP contribution in [0.2, 0.25) is 0 Å². The van der Waals surface area contributed by atoms with Gasteiger partial charge in [0.1, 0.15) is 21.5 Å². The average Bonchev–Trinajstić information content (AvgIpc) is 3.07. The van der Waals surface area contributed by atoms with Crippen LogP contribution in [0.4, 0.5) is 8.78 Å². The highest BCUT2D eigenvalue weighted by molar-refractivity contribution is 8.15. The number of nitrogens with zero attached hydrogens (tertiary/aromatic N) is 4. The Morgan fingerprint density at radius 1 is 1.20 bits per heavy atom. The summed E-state index contributed by atoms with van der Waals surface area (Å²) in [5.41, 5.74) is 12.6. The molecule has 0 bridgehead atoms. The van der Waals surface area contributed by atoms with Crippen LogP contribution >= 0.6 is 11.8 Å². The summed E-state index contributed by atoms with van der Waals surface area (Å²) >= 11 is 1.34. The van der Waals surface area contributed by atoms with Gasteiger partial charge in [0, 0.05) is 17.0 Å². The largest absolute Gasteiger partial charge is 0.288 e. The highest BCUT2D eigenvalue weighted by Gasteiger charge is 2.39. The number of hydrogen-bond donors (Lipinski definition) is 1. The van der Waals surface area contributed by atoms with Gasteiger partial charge in [0.2, 0.25) is 0 Å². The summed E-state index contributed by atoms with van der Waals surface area (Å²) in [4.78, 5) is 2.15. The maximum atomic E-state index is 14.1. The summed E-state index contributed by atoms with van der Waals surface area (Å²) in [5, 5.41) is 8.21. The molecule has 25 heavy (non-hydrogen) atoms. The highest BCUT2D eigenvalue weighted by atomic mass is 32.2. The van der Waals surface area contributed by atoms with Gasteiger partial charge in [-0.25, -0.2) is 8.78 Å². The van der Waals surface area contributed by atoms with E-state index in [0.717, 1.165) is 23.8 Å². The van der Waals surface area contributed by atoms with Crippen LogP contribution in [0.5, 0.6) is 0 Å². The normalized spacial score (nSPS) is 19.0. The lowest BCUT2D eigenvalue weighted by Gasteiger charge is -2.28. The third-order valence-corrected chi connectivity index (χ3v) is 5.24. The van der Waals surface area contributed by atoms with Gasteiger partial charge in [-0.2, -0.15) is 5.10 Å². The molecule has 0 aliphatic carbocycles. The molecule has 0 fully saturated rings. The molecule has 2 aromatic carbocycles. The fourth-order valence-corrected chi connectivity index (χ4v) is 3.93. The Balaban J connectivity index is 1.88. The number of nitrogens with one attached hydrogen (secondary N) is 1. The summed E-state index contributed by atoms with van der Waals surface area (Å²) < 4.78 is 27.6. The Morgan fingerprint density at radius 3 is 2.76 bits per heavy atom. The first-order valence-corrected chi connectivity index (χ1v) is 8.52. The number of benzene rings is 2. The number of hydrazone groups is 1. The lowest BCUT2D eigenvalue weighted by molar-refractivity contribution is 0.464. The van der Waals surface area contributed by atoms with Crippen LogP contribution < -0.4 is 5.43 Å². The molecule has 1 atom stereocenters. The molecule has 0 spiro atoms. The fourth-order valence-electron chi connectivity index (χ4n) is 2.65. The van der Waals surface area contributed by atoms with Crippen LogP contribution in [0.1, 0.15) is 24.0 Å². The van der Waals surface area contributed by atoms with Crippen molar-refractivity contribution in [1.29, 1.82) is 0 Å². The number of azide groups is 1. The van der Waals surface area contributed by atoms with Gasteiger partial charge in [0.15, 0.2) is 0 Å². The first-order chi connectivity index (χ1) is 12.1. The van der Waals surface area contributed by atoms with Gasteiger partial charge in [-0.1, -0.05) is 47.2 Å². The summed E-state index contributed by atoms with van der Waals surface area (Å²) in [5.74, 6) is -1.03. The smallest absolute Gasteiger partial charge is 0.133 e. The molecule has 0 aromatic heterocycles. The molecule has 0 amide bonds. The topological polar surface area (TPSA) is 73.2 Å². The van der Waals surface area contributed by atoms with Crippen molar-refractivity contribution in [3.05, 3.63) is 81.7 Å². The lowest BCUT2D eigenvalue weighted by atomic mass is 10.0. The SMILES string of the molecule is [N-]=[N+]=NCCC[C@@]1(c2ccccc2)NN=C(c2cc(F)ccc2F)S1. The Morgan fingerprint density at radius 2 is 2.00 bits per heavy atom. The molecule has 5 nitrogen and oxygen atoms in total. The molecule has 1 aliphatic rings. The number of thioether (sulfide) groups is 1. The van der Waals surface area contributed by atoms with Crippen molar-refractivity contribution in [2.75, 3.05) is 6.54 Å². The Kier molecular flexibility index (Phi) is 5.21. The Bertz CT molecular complexity index is 836. The zero-order chi connectivity index (χ0) is 17.7. The van der Waals surface area contributed by atoms with E-state index < -0.39 is 16.5 Å². The van der Waals surface area contributed by atoms with Crippen LogP contribution in [-0.2, 0) is 4.87 Å². The molecule has 128 valence electrons. The van der Waals surface area contributed by atoms with Crippen molar-refractivity contribution in [2.24, 2.45) is 10.2 Å². The van der Waals surface area contributed by atoms with Crippen molar-refractivity contribution < 1.29 is 8.78 Å². The fraction of sp³-hybridized carbons (Fsp3) is 0.235. The van der Waals surface area contributed by atoms with Crippen LogP contribution in [0.25, 0.3) is 10.4 Å². The Labute approximate surface area is 147 Å². The van der Waals surface area contributed by atoms with Crippen molar-refractivity contribution in [3.63, 3.8) is 0 Å². The van der Waals surface area contributed by atoms with Crippen LogP contribution in [-0.4, -0.2) is 11.6 Å². The van der Waals surface area contributed by atoms with Gasteiger partial charge >= 0.3 is 0 Å². The minimum Gasteiger partial charge on any atom is -0.288 e. The van der Waals surface area contributed by atoms with Gasteiger partial charge in [0.25, 0.3) is 0 Å². The summed E-state index contributed by atoms with van der Waals surface area (Å²) in [6, 6.07) is 13.0. The molecule has 1 aliphatic heterocycles. The molecular formula is C17H15F2N5S. The zero-order valence-corrected chi connectivity index (χ0v) is 14.0. The van der Waals surface area contributed by atoms with Crippen LogP contribution in [0, 0.1) is 11.6 Å². The molecule has 0 saturated carbocycles. The van der Waals surface area contributed by atoms with E-state index in [1.54, 1.807) is 0 Å². The Hall–Kier alpha value is -2.57. The van der Waals surface area contributed by atoms with Gasteiger partial charge in [-0.3, -0.25) is 5.43 Å². The van der Waals surface area contributed by atoms with Crippen molar-refractivity contribution in [2.45, 2.75) is 17.7 Å². The maximum absolute atomic E-state index is 14.1. The molecule has 0 saturated heterocycles. The first kappa shape index (κ1) is 17.3. The van der Waals surface area contributed by atoms with Gasteiger partial charge < -0.3 is 0 Å². The second kappa shape index (κ2) is 7.55. The minimum atomic E-state index is -0.611. The summed E-state index contributed by atoms with van der Waals surface area (Å²) in [6.45, 7) is 0.358. The van der Waals surface area contributed by atoms with Crippen LogP contribution in [0.15, 0.2) is 58.7 Å². The van der Waals surface area contributed by atoms with Crippen molar-refractivity contribution >= 4 is 16.8 Å². The number of halogens is 2. The molecule has 1 N–H and O–H groups in total. The predicted octanol–water partition coefficient (Wildman–Crippen LogP) is 4.91. The third kappa shape index (κ3) is 3.75. The summed E-state index contributed by atoms with van der Waals surface area (Å²) in [7, 11) is 0. The molecule has 0 unspecified atom stereocenters. The lowest BCUT2D eigenvalue weighted by Crippen LogP contribution is -2.32. The van der Waals surface area contributed by atoms with Gasteiger partial charge in [0.05, 0.1) is 0 Å². The first-order valence-electron chi connectivity index (χ1n) is 7.70. The van der Waals surface area contributed by atoms with E-state index in [-0.39, 0.29) is 5.56 Å². The quantitative estimate of drug-likeness (QED) is 0.344. The van der Waals surface area contributed by atoms with Crippen molar-refractivity contribution in [1.82, 2.24) is 5.43 Å². The van der Waals surface area contributed by atoms with Gasteiger partial charge in [-0.15, -0.1) is 0 Å². The second-order valence-corrected chi connectivity index (χ2v) is 6.79. The van der Waals surface area contributed by atoms with E-state index in [0.29, 0.717) is 24.4 Å². The number of hydrogen-bond acceptors (Lipinski definition) is 4. The van der Waals surface area contributed by atoms with Crippen molar-refractivity contribution in [3.8, 4) is 0 Å². The van der Waals surface area contributed by atoms with E-state index >= 15 is 0 Å². The van der Waals surface area contributed by atoms with Crippen LogP contribution in [0.3, 0.4) is 0 Å². The maximum Gasteiger partial charge on any atom is 0.133 e. The second-order valence-electron chi connectivity index (χ2n) is 5.51. The monoisotopic (exact) mass is 359 g/mol. The average molecular weight is 359 g/mol. The van der Waals surface area contributed by atoms with E-state index in [2.05, 4.69) is 20.6 Å². The highest BCUT2D eigenvalue weighted by Crippen LogP contribution is 2.44. The summed E-state index contributed by atoms with van der Waals surface area (Å²) in [6.07, 6.45) is 1.25. The molecule has 8 heteroatoms. The minimum absolute atomic E-state index is 0.130. The zero-order valence-electron chi connectivity index (χ0n) is 13.2. The van der Waals surface area contributed by atoms with Gasteiger partial charge in [-0.05, 0) is 42.1 Å². The van der Waals surface area contributed by atoms with E-state index in [4.69, 9.17) is 5.53 Å². The van der Waals surface area contributed by atoms with E-state index in [9.17, 15) is 8.78 Å². The molecule has 0 radical (unpaired) electrons.